The molecule has 0 fully saturated rings. The molecule has 2 aromatic rings. The molecule has 0 bridgehead atoms. The summed E-state index contributed by atoms with van der Waals surface area (Å²) >= 11 is 0. The van der Waals surface area contributed by atoms with Crippen molar-refractivity contribution in [3.05, 3.63) is 46.5 Å². The predicted octanol–water partition coefficient (Wildman–Crippen LogP) is 0.973. The van der Waals surface area contributed by atoms with Gasteiger partial charge in [0.15, 0.2) is 23.1 Å². The van der Waals surface area contributed by atoms with Crippen molar-refractivity contribution < 1.29 is 45.0 Å². The number of fused-ring (bicyclic) bond motifs is 2. The van der Waals surface area contributed by atoms with Crippen molar-refractivity contribution in [1.29, 1.82) is 0 Å². The number of rotatable bonds is 4. The first-order valence-corrected chi connectivity index (χ1v) is 10.3. The summed E-state index contributed by atoms with van der Waals surface area (Å²) in [5.41, 5.74) is -1.38. The van der Waals surface area contributed by atoms with Gasteiger partial charge in [-0.25, -0.2) is 0 Å². The van der Waals surface area contributed by atoms with Crippen LogP contribution in [0.2, 0.25) is 0 Å². The molecule has 0 spiro atoms. The van der Waals surface area contributed by atoms with Crippen LogP contribution >= 0.6 is 0 Å². The van der Waals surface area contributed by atoms with Gasteiger partial charge in [-0.3, -0.25) is 18.7 Å². The molecule has 3 rings (SSSR count). The number of carbonyl (C=O) groups is 2. The molecule has 0 heterocycles. The van der Waals surface area contributed by atoms with E-state index in [2.05, 4.69) is 0 Å². The van der Waals surface area contributed by atoms with E-state index in [0.717, 1.165) is 38.5 Å². The lowest BCUT2D eigenvalue weighted by Gasteiger charge is -2.23. The molecular formula is C16H12O10S2. The van der Waals surface area contributed by atoms with E-state index in [1.165, 1.54) is 0 Å². The fraction of sp³-hybridized carbons (Fsp3) is 0.125. The molecule has 0 saturated carbocycles. The SMILES string of the molecule is COc1c(S(=O)(=O)O)ccc2c1C(=O)c1ccc(S(=O)(=O)O)c(OC)c1C2=O. The van der Waals surface area contributed by atoms with Crippen LogP contribution in [0.5, 0.6) is 11.5 Å². The summed E-state index contributed by atoms with van der Waals surface area (Å²) in [5, 5.41) is 0. The fourth-order valence-electron chi connectivity index (χ4n) is 3.04. The molecule has 0 amide bonds. The topological polar surface area (TPSA) is 161 Å². The van der Waals surface area contributed by atoms with Crippen LogP contribution in [0.4, 0.5) is 0 Å². The van der Waals surface area contributed by atoms with Crippen LogP contribution in [0.25, 0.3) is 0 Å². The number of carbonyl (C=O) groups excluding carboxylic acids is 2. The molecule has 148 valence electrons. The van der Waals surface area contributed by atoms with Crippen LogP contribution in [0, 0.1) is 0 Å². The summed E-state index contributed by atoms with van der Waals surface area (Å²) in [6, 6.07) is 3.73. The number of hydrogen-bond donors (Lipinski definition) is 2. The Morgan fingerprint density at radius 2 is 1.00 bits per heavy atom. The Morgan fingerprint density at radius 1 is 0.679 bits per heavy atom. The highest BCUT2D eigenvalue weighted by Crippen LogP contribution is 2.41. The van der Waals surface area contributed by atoms with Crippen LogP contribution in [0.1, 0.15) is 31.8 Å². The molecule has 1 aliphatic rings. The van der Waals surface area contributed by atoms with Crippen molar-refractivity contribution in [3.8, 4) is 11.5 Å². The Kier molecular flexibility index (Phi) is 4.54. The van der Waals surface area contributed by atoms with Crippen LogP contribution in [0.15, 0.2) is 34.1 Å². The zero-order valence-electron chi connectivity index (χ0n) is 14.3. The molecular weight excluding hydrogens is 416 g/mol. The van der Waals surface area contributed by atoms with Gasteiger partial charge in [-0.1, -0.05) is 0 Å². The Hall–Kier alpha value is -2.80. The first-order valence-electron chi connectivity index (χ1n) is 7.39. The largest absolute Gasteiger partial charge is 0.494 e. The van der Waals surface area contributed by atoms with Crippen LogP contribution in [0.3, 0.4) is 0 Å². The maximum absolute atomic E-state index is 13.0. The normalized spacial score (nSPS) is 13.7. The van der Waals surface area contributed by atoms with Crippen molar-refractivity contribution in [1.82, 2.24) is 0 Å². The number of methoxy groups -OCH3 is 2. The van der Waals surface area contributed by atoms with Crippen LogP contribution < -0.4 is 9.47 Å². The lowest BCUT2D eigenvalue weighted by Crippen LogP contribution is -2.24. The number of benzene rings is 2. The summed E-state index contributed by atoms with van der Waals surface area (Å²) < 4.78 is 74.8. The second-order valence-electron chi connectivity index (χ2n) is 5.65. The summed E-state index contributed by atoms with van der Waals surface area (Å²) in [7, 11) is -7.41. The fourth-order valence-corrected chi connectivity index (χ4v) is 4.36. The zero-order chi connectivity index (χ0) is 21.0. The van der Waals surface area contributed by atoms with Crippen molar-refractivity contribution in [2.75, 3.05) is 14.2 Å². The summed E-state index contributed by atoms with van der Waals surface area (Å²) in [4.78, 5) is 24.5. The highest BCUT2D eigenvalue weighted by molar-refractivity contribution is 7.86. The summed E-state index contributed by atoms with van der Waals surface area (Å²) in [6.07, 6.45) is 0. The minimum atomic E-state index is -4.76. The van der Waals surface area contributed by atoms with Crippen LogP contribution in [-0.4, -0.2) is 51.7 Å². The standard InChI is InChI=1S/C16H12O10S2/c1-25-15-9(27(19,20)21)5-3-7-11(15)13(17)8-4-6-10(28(22,23)24)16(26-2)12(8)14(7)18/h3-6H,1-2H3,(H,19,20,21)(H,22,23,24). The van der Waals surface area contributed by atoms with E-state index in [9.17, 15) is 35.5 Å². The average molecular weight is 428 g/mol. The molecule has 0 atom stereocenters. The van der Waals surface area contributed by atoms with E-state index in [0.29, 0.717) is 0 Å². The minimum absolute atomic E-state index is 0.285. The summed E-state index contributed by atoms with van der Waals surface area (Å²) in [5.74, 6) is -2.76. The lowest BCUT2D eigenvalue weighted by molar-refractivity contribution is 0.0973. The highest BCUT2D eigenvalue weighted by Gasteiger charge is 2.39. The Bertz CT molecular complexity index is 1160. The molecule has 2 aromatic carbocycles. The van der Waals surface area contributed by atoms with Gasteiger partial charge in [0.2, 0.25) is 0 Å². The van der Waals surface area contributed by atoms with Gasteiger partial charge in [0.05, 0.1) is 25.3 Å². The molecule has 2 N–H and O–H groups in total. The monoisotopic (exact) mass is 428 g/mol. The second kappa shape index (κ2) is 6.38. The van der Waals surface area contributed by atoms with Gasteiger partial charge in [-0.15, -0.1) is 0 Å². The molecule has 0 saturated heterocycles. The van der Waals surface area contributed by atoms with Crippen LogP contribution in [-0.2, 0) is 20.2 Å². The number of ketones is 2. The number of hydrogen-bond acceptors (Lipinski definition) is 8. The Labute approximate surface area is 159 Å². The quantitative estimate of drug-likeness (QED) is 0.573. The van der Waals surface area contributed by atoms with Crippen molar-refractivity contribution in [2.24, 2.45) is 0 Å². The third-order valence-corrected chi connectivity index (χ3v) is 5.91. The van der Waals surface area contributed by atoms with Crippen molar-refractivity contribution in [2.45, 2.75) is 9.79 Å². The van der Waals surface area contributed by atoms with Gasteiger partial charge in [0.1, 0.15) is 9.79 Å². The predicted molar refractivity (Wildman–Crippen MR) is 92.5 cm³/mol. The molecule has 10 nitrogen and oxygen atoms in total. The van der Waals surface area contributed by atoms with Gasteiger partial charge in [-0.2, -0.15) is 16.8 Å². The van der Waals surface area contributed by atoms with Crippen molar-refractivity contribution >= 4 is 31.8 Å². The number of ether oxygens (including phenoxy) is 2. The maximum atomic E-state index is 13.0. The van der Waals surface area contributed by atoms with Crippen molar-refractivity contribution in [3.63, 3.8) is 0 Å². The Balaban J connectivity index is 2.42. The molecule has 28 heavy (non-hydrogen) atoms. The molecule has 0 aromatic heterocycles. The highest BCUT2D eigenvalue weighted by atomic mass is 32.2. The van der Waals surface area contributed by atoms with Gasteiger partial charge in [0, 0.05) is 11.1 Å². The van der Waals surface area contributed by atoms with E-state index in [1.807, 2.05) is 0 Å². The van der Waals surface area contributed by atoms with E-state index >= 15 is 0 Å². The van der Waals surface area contributed by atoms with E-state index in [4.69, 9.17) is 9.47 Å². The van der Waals surface area contributed by atoms with E-state index < -0.39 is 64.2 Å². The molecule has 12 heteroatoms. The zero-order valence-corrected chi connectivity index (χ0v) is 15.9. The third kappa shape index (κ3) is 2.86. The molecule has 0 radical (unpaired) electrons. The average Bonchev–Trinajstić information content (AvgIpc) is 2.61. The maximum Gasteiger partial charge on any atom is 0.298 e. The molecule has 1 aliphatic carbocycles. The third-order valence-electron chi connectivity index (χ3n) is 4.15. The van der Waals surface area contributed by atoms with Gasteiger partial charge < -0.3 is 9.47 Å². The Morgan fingerprint density at radius 3 is 1.25 bits per heavy atom. The molecule has 0 aliphatic heterocycles. The van der Waals surface area contributed by atoms with Gasteiger partial charge >= 0.3 is 0 Å². The van der Waals surface area contributed by atoms with Gasteiger partial charge in [0.25, 0.3) is 20.2 Å². The van der Waals surface area contributed by atoms with Gasteiger partial charge in [-0.05, 0) is 24.3 Å². The minimum Gasteiger partial charge on any atom is -0.494 e. The molecule has 0 unspecified atom stereocenters. The first-order chi connectivity index (χ1) is 12.9. The smallest absolute Gasteiger partial charge is 0.298 e. The summed E-state index contributed by atoms with van der Waals surface area (Å²) in [6.45, 7) is 0. The van der Waals surface area contributed by atoms with E-state index in [-0.39, 0.29) is 11.1 Å². The first kappa shape index (κ1) is 19.9. The second-order valence-corrected chi connectivity index (χ2v) is 8.43. The van der Waals surface area contributed by atoms with E-state index in [1.54, 1.807) is 0 Å². The lowest BCUT2D eigenvalue weighted by atomic mass is 9.83.